The standard InChI is InChI=1S/C23H32N4O2S/c1-17-22(30-18(2)24-17)15-23(28)27-10-6-7-19(16-27)25-11-13-26(14-12-25)20-8-4-5-9-21(20)29-3/h4-5,8-9,19H,6-7,10-16H2,1-3H3/t19-/m1/s1. The highest BCUT2D eigenvalue weighted by molar-refractivity contribution is 7.11. The van der Waals surface area contributed by atoms with E-state index in [1.807, 2.05) is 26.0 Å². The van der Waals surface area contributed by atoms with E-state index in [2.05, 4.69) is 31.8 Å². The van der Waals surface area contributed by atoms with E-state index in [4.69, 9.17) is 4.74 Å². The smallest absolute Gasteiger partial charge is 0.227 e. The summed E-state index contributed by atoms with van der Waals surface area (Å²) in [5.41, 5.74) is 2.18. The molecule has 0 aliphatic carbocycles. The molecule has 1 aromatic heterocycles. The van der Waals surface area contributed by atoms with Gasteiger partial charge in [0.15, 0.2) is 0 Å². The Morgan fingerprint density at radius 3 is 2.63 bits per heavy atom. The van der Waals surface area contributed by atoms with Crippen molar-refractivity contribution in [3.05, 3.63) is 39.8 Å². The minimum Gasteiger partial charge on any atom is -0.495 e. The van der Waals surface area contributed by atoms with Crippen LogP contribution in [-0.2, 0) is 11.2 Å². The van der Waals surface area contributed by atoms with Gasteiger partial charge in [-0.05, 0) is 38.8 Å². The number of piperidine rings is 1. The molecule has 2 aliphatic rings. The summed E-state index contributed by atoms with van der Waals surface area (Å²) >= 11 is 1.65. The summed E-state index contributed by atoms with van der Waals surface area (Å²) in [6, 6.07) is 8.71. The van der Waals surface area contributed by atoms with Crippen LogP contribution in [0.5, 0.6) is 5.75 Å². The predicted octanol–water partition coefficient (Wildman–Crippen LogP) is 3.12. The van der Waals surface area contributed by atoms with Crippen molar-refractivity contribution in [2.24, 2.45) is 0 Å². The van der Waals surface area contributed by atoms with Crippen molar-refractivity contribution in [2.45, 2.75) is 39.2 Å². The molecule has 0 spiro atoms. The molecule has 0 N–H and O–H groups in total. The number of thiazole rings is 1. The highest BCUT2D eigenvalue weighted by Gasteiger charge is 2.30. The van der Waals surface area contributed by atoms with Gasteiger partial charge in [0, 0.05) is 50.2 Å². The summed E-state index contributed by atoms with van der Waals surface area (Å²) in [4.78, 5) is 25.6. The van der Waals surface area contributed by atoms with Crippen molar-refractivity contribution in [3.63, 3.8) is 0 Å². The lowest BCUT2D eigenvalue weighted by atomic mass is 10.0. The van der Waals surface area contributed by atoms with Gasteiger partial charge in [-0.25, -0.2) is 4.98 Å². The number of nitrogens with zero attached hydrogens (tertiary/aromatic N) is 4. The van der Waals surface area contributed by atoms with Gasteiger partial charge in [-0.3, -0.25) is 9.69 Å². The first-order chi connectivity index (χ1) is 14.5. The Bertz CT molecular complexity index is 876. The van der Waals surface area contributed by atoms with E-state index < -0.39 is 0 Å². The Labute approximate surface area is 183 Å². The lowest BCUT2D eigenvalue weighted by molar-refractivity contribution is -0.132. The number of amides is 1. The number of hydrogen-bond donors (Lipinski definition) is 0. The largest absolute Gasteiger partial charge is 0.495 e. The molecule has 30 heavy (non-hydrogen) atoms. The summed E-state index contributed by atoms with van der Waals surface area (Å²) in [6.45, 7) is 9.78. The summed E-state index contributed by atoms with van der Waals surface area (Å²) < 4.78 is 5.54. The van der Waals surface area contributed by atoms with Crippen LogP contribution in [0.25, 0.3) is 0 Å². The summed E-state index contributed by atoms with van der Waals surface area (Å²) in [5, 5.41) is 1.04. The number of aryl methyl sites for hydroxylation is 2. The number of methoxy groups -OCH3 is 1. The van der Waals surface area contributed by atoms with Crippen LogP contribution in [0.15, 0.2) is 24.3 Å². The first kappa shape index (κ1) is 21.1. The van der Waals surface area contributed by atoms with Gasteiger partial charge in [-0.1, -0.05) is 12.1 Å². The van der Waals surface area contributed by atoms with E-state index in [1.54, 1.807) is 18.4 Å². The summed E-state index contributed by atoms with van der Waals surface area (Å²) in [7, 11) is 1.73. The molecule has 0 bridgehead atoms. The number of rotatable bonds is 5. The number of benzene rings is 1. The second-order valence-electron chi connectivity index (χ2n) is 8.25. The average Bonchev–Trinajstić information content (AvgIpc) is 3.10. The Hall–Kier alpha value is -2.12. The van der Waals surface area contributed by atoms with Crippen molar-refractivity contribution < 1.29 is 9.53 Å². The number of ether oxygens (including phenoxy) is 1. The van der Waals surface area contributed by atoms with Crippen LogP contribution in [0.1, 0.15) is 28.4 Å². The Morgan fingerprint density at radius 1 is 1.17 bits per heavy atom. The number of carbonyl (C=O) groups is 1. The molecule has 1 aromatic carbocycles. The third kappa shape index (κ3) is 4.62. The third-order valence-corrected chi connectivity index (χ3v) is 7.39. The topological polar surface area (TPSA) is 48.9 Å². The molecule has 3 heterocycles. The van der Waals surface area contributed by atoms with Gasteiger partial charge >= 0.3 is 0 Å². The molecule has 6 nitrogen and oxygen atoms in total. The molecular formula is C23H32N4O2S. The maximum atomic E-state index is 12.9. The first-order valence-corrected chi connectivity index (χ1v) is 11.7. The van der Waals surface area contributed by atoms with E-state index in [0.29, 0.717) is 12.5 Å². The van der Waals surface area contributed by atoms with E-state index in [1.165, 1.54) is 12.1 Å². The van der Waals surface area contributed by atoms with Gasteiger partial charge in [0.1, 0.15) is 5.75 Å². The zero-order valence-corrected chi connectivity index (χ0v) is 19.1. The first-order valence-electron chi connectivity index (χ1n) is 10.9. The molecule has 2 aliphatic heterocycles. The fraction of sp³-hybridized carbons (Fsp3) is 0.565. The van der Waals surface area contributed by atoms with E-state index in [0.717, 1.165) is 67.0 Å². The fourth-order valence-electron chi connectivity index (χ4n) is 4.68. The van der Waals surface area contributed by atoms with Crippen LogP contribution in [0, 0.1) is 13.8 Å². The van der Waals surface area contributed by atoms with Crippen LogP contribution < -0.4 is 9.64 Å². The Balaban J connectivity index is 1.33. The molecule has 0 radical (unpaired) electrons. The number of likely N-dealkylation sites (tertiary alicyclic amines) is 1. The molecule has 7 heteroatoms. The second-order valence-corrected chi connectivity index (χ2v) is 9.54. The minimum atomic E-state index is 0.249. The molecule has 2 saturated heterocycles. The van der Waals surface area contributed by atoms with Gasteiger partial charge in [-0.2, -0.15) is 0 Å². The zero-order chi connectivity index (χ0) is 21.1. The van der Waals surface area contributed by atoms with Gasteiger partial charge in [-0.15, -0.1) is 11.3 Å². The predicted molar refractivity (Wildman–Crippen MR) is 122 cm³/mol. The monoisotopic (exact) mass is 428 g/mol. The van der Waals surface area contributed by atoms with E-state index in [-0.39, 0.29) is 5.91 Å². The quantitative estimate of drug-likeness (QED) is 0.732. The van der Waals surface area contributed by atoms with Crippen LogP contribution >= 0.6 is 11.3 Å². The number of anilines is 1. The average molecular weight is 429 g/mol. The van der Waals surface area contributed by atoms with Gasteiger partial charge in [0.25, 0.3) is 0 Å². The summed E-state index contributed by atoms with van der Waals surface area (Å²) in [5.74, 6) is 1.19. The van der Waals surface area contributed by atoms with E-state index in [9.17, 15) is 4.79 Å². The van der Waals surface area contributed by atoms with Crippen molar-refractivity contribution in [1.29, 1.82) is 0 Å². The molecule has 0 saturated carbocycles. The molecule has 162 valence electrons. The molecule has 1 amide bonds. The number of carbonyl (C=O) groups excluding carboxylic acids is 1. The van der Waals surface area contributed by atoms with E-state index >= 15 is 0 Å². The second kappa shape index (κ2) is 9.35. The molecular weight excluding hydrogens is 396 g/mol. The van der Waals surface area contributed by atoms with Gasteiger partial charge < -0.3 is 14.5 Å². The Morgan fingerprint density at radius 2 is 1.93 bits per heavy atom. The van der Waals surface area contributed by atoms with Crippen molar-refractivity contribution >= 4 is 22.9 Å². The molecule has 0 unspecified atom stereocenters. The minimum absolute atomic E-state index is 0.249. The number of hydrogen-bond acceptors (Lipinski definition) is 6. The fourth-order valence-corrected chi connectivity index (χ4v) is 5.61. The maximum Gasteiger partial charge on any atom is 0.227 e. The van der Waals surface area contributed by atoms with Gasteiger partial charge in [0.05, 0.1) is 29.9 Å². The maximum absolute atomic E-state index is 12.9. The van der Waals surface area contributed by atoms with Crippen LogP contribution in [0.3, 0.4) is 0 Å². The summed E-state index contributed by atoms with van der Waals surface area (Å²) in [6.07, 6.45) is 2.76. The SMILES string of the molecule is COc1ccccc1N1CCN([C@@H]2CCCN(C(=O)Cc3sc(C)nc3C)C2)CC1. The normalized spacial score (nSPS) is 20.4. The van der Waals surface area contributed by atoms with Crippen LogP contribution in [0.4, 0.5) is 5.69 Å². The van der Waals surface area contributed by atoms with Crippen molar-refractivity contribution in [3.8, 4) is 5.75 Å². The lowest BCUT2D eigenvalue weighted by Crippen LogP contribution is -2.56. The zero-order valence-electron chi connectivity index (χ0n) is 18.3. The van der Waals surface area contributed by atoms with Gasteiger partial charge in [0.2, 0.25) is 5.91 Å². The van der Waals surface area contributed by atoms with Crippen LogP contribution in [-0.4, -0.2) is 73.1 Å². The van der Waals surface area contributed by atoms with Crippen molar-refractivity contribution in [2.75, 3.05) is 51.3 Å². The van der Waals surface area contributed by atoms with Crippen LogP contribution in [0.2, 0.25) is 0 Å². The molecule has 1 atom stereocenters. The lowest BCUT2D eigenvalue weighted by Gasteiger charge is -2.44. The third-order valence-electron chi connectivity index (χ3n) is 6.32. The van der Waals surface area contributed by atoms with Crippen molar-refractivity contribution in [1.82, 2.24) is 14.8 Å². The Kier molecular flexibility index (Phi) is 6.58. The number of piperazine rings is 1. The molecule has 2 fully saturated rings. The number of para-hydroxylation sites is 2. The highest BCUT2D eigenvalue weighted by atomic mass is 32.1. The highest BCUT2D eigenvalue weighted by Crippen LogP contribution is 2.29. The number of aromatic nitrogens is 1. The molecule has 4 rings (SSSR count). The molecule has 2 aromatic rings.